The van der Waals surface area contributed by atoms with Crippen molar-refractivity contribution in [1.82, 2.24) is 25.3 Å². The first-order valence-electron chi connectivity index (χ1n) is 10.2. The van der Waals surface area contributed by atoms with Gasteiger partial charge >= 0.3 is 0 Å². The zero-order valence-corrected chi connectivity index (χ0v) is 16.9. The number of hydrogen-bond donors (Lipinski definition) is 1. The summed E-state index contributed by atoms with van der Waals surface area (Å²) in [6, 6.07) is 10.2. The van der Waals surface area contributed by atoms with E-state index in [9.17, 15) is 9.18 Å². The summed E-state index contributed by atoms with van der Waals surface area (Å²) < 4.78 is 15.6. The number of amides is 1. The van der Waals surface area contributed by atoms with Crippen molar-refractivity contribution in [3.63, 3.8) is 0 Å². The highest BCUT2D eigenvalue weighted by molar-refractivity contribution is 5.97. The number of rotatable bonds is 6. The molecule has 4 rings (SSSR count). The van der Waals surface area contributed by atoms with Crippen molar-refractivity contribution in [3.8, 4) is 17.1 Å². The van der Waals surface area contributed by atoms with Gasteiger partial charge in [-0.05, 0) is 63.3 Å². The Hall–Kier alpha value is -3.35. The SMILES string of the molecule is Cc1c(F)cccc1-n1nnc(C(=O)NCCC2=CCCCC2)c1-c1ccccn1. The van der Waals surface area contributed by atoms with Crippen LogP contribution in [0.25, 0.3) is 17.1 Å². The second-order valence-electron chi connectivity index (χ2n) is 7.41. The first-order valence-corrected chi connectivity index (χ1v) is 10.2. The Balaban J connectivity index is 1.64. The van der Waals surface area contributed by atoms with E-state index >= 15 is 0 Å². The van der Waals surface area contributed by atoms with Crippen molar-refractivity contribution in [2.75, 3.05) is 6.54 Å². The van der Waals surface area contributed by atoms with Gasteiger partial charge in [0.1, 0.15) is 11.5 Å². The molecule has 0 unspecified atom stereocenters. The molecule has 154 valence electrons. The number of benzene rings is 1. The van der Waals surface area contributed by atoms with Crippen LogP contribution in [0.15, 0.2) is 54.2 Å². The molecule has 0 fully saturated rings. The van der Waals surface area contributed by atoms with Crippen LogP contribution >= 0.6 is 0 Å². The van der Waals surface area contributed by atoms with Crippen LogP contribution in [0.5, 0.6) is 0 Å². The summed E-state index contributed by atoms with van der Waals surface area (Å²) in [5.74, 6) is -0.658. The van der Waals surface area contributed by atoms with Crippen LogP contribution in [0.2, 0.25) is 0 Å². The van der Waals surface area contributed by atoms with Gasteiger partial charge in [-0.25, -0.2) is 9.07 Å². The highest BCUT2D eigenvalue weighted by Crippen LogP contribution is 2.26. The standard InChI is InChI=1S/C23H24FN5O/c1-16-18(24)10-7-12-20(16)29-22(19-11-5-6-14-25-19)21(27-28-29)23(30)26-15-13-17-8-3-2-4-9-17/h5-8,10-12,14H,2-4,9,13,15H2,1H3,(H,26,30). The predicted octanol–water partition coefficient (Wildman–Crippen LogP) is 4.40. The summed E-state index contributed by atoms with van der Waals surface area (Å²) in [5, 5.41) is 11.3. The quantitative estimate of drug-likeness (QED) is 0.617. The van der Waals surface area contributed by atoms with Gasteiger partial charge in [0, 0.05) is 18.3 Å². The van der Waals surface area contributed by atoms with Gasteiger partial charge in [-0.1, -0.05) is 29.0 Å². The second kappa shape index (κ2) is 8.98. The predicted molar refractivity (Wildman–Crippen MR) is 113 cm³/mol. The van der Waals surface area contributed by atoms with E-state index in [0.29, 0.717) is 29.2 Å². The largest absolute Gasteiger partial charge is 0.350 e. The Kier molecular flexibility index (Phi) is 5.97. The number of nitrogens with zero attached hydrogens (tertiary/aromatic N) is 4. The lowest BCUT2D eigenvalue weighted by Crippen LogP contribution is -2.26. The molecule has 0 saturated carbocycles. The molecule has 7 heteroatoms. The Morgan fingerprint density at radius 1 is 1.20 bits per heavy atom. The summed E-state index contributed by atoms with van der Waals surface area (Å²) in [7, 11) is 0. The molecule has 0 spiro atoms. The molecule has 0 saturated heterocycles. The van der Waals surface area contributed by atoms with Crippen molar-refractivity contribution in [1.29, 1.82) is 0 Å². The molecule has 1 aliphatic rings. The van der Waals surface area contributed by atoms with Crippen LogP contribution in [0.4, 0.5) is 4.39 Å². The van der Waals surface area contributed by atoms with Crippen LogP contribution in [0.3, 0.4) is 0 Å². The van der Waals surface area contributed by atoms with Gasteiger partial charge in [0.2, 0.25) is 0 Å². The normalized spacial score (nSPS) is 13.7. The molecular weight excluding hydrogens is 381 g/mol. The number of carbonyl (C=O) groups is 1. The van der Waals surface area contributed by atoms with E-state index in [1.807, 2.05) is 6.07 Å². The van der Waals surface area contributed by atoms with Crippen LogP contribution in [-0.4, -0.2) is 32.4 Å². The molecule has 0 aliphatic heterocycles. The molecule has 0 bridgehead atoms. The number of hydrogen-bond acceptors (Lipinski definition) is 4. The van der Waals surface area contributed by atoms with Crippen molar-refractivity contribution in [2.24, 2.45) is 0 Å². The molecule has 3 aromatic rings. The minimum absolute atomic E-state index is 0.176. The number of halogens is 1. The first kappa shape index (κ1) is 19.9. The maximum Gasteiger partial charge on any atom is 0.274 e. The fourth-order valence-corrected chi connectivity index (χ4v) is 3.71. The van der Waals surface area contributed by atoms with E-state index in [0.717, 1.165) is 19.3 Å². The van der Waals surface area contributed by atoms with Gasteiger partial charge in [-0.15, -0.1) is 5.10 Å². The fraction of sp³-hybridized carbons (Fsp3) is 0.304. The van der Waals surface area contributed by atoms with Gasteiger partial charge in [0.25, 0.3) is 5.91 Å². The molecule has 6 nitrogen and oxygen atoms in total. The third kappa shape index (κ3) is 4.15. The van der Waals surface area contributed by atoms with Crippen LogP contribution < -0.4 is 5.32 Å². The van der Waals surface area contributed by atoms with E-state index in [4.69, 9.17) is 0 Å². The van der Waals surface area contributed by atoms with Crippen LogP contribution in [0.1, 0.15) is 48.2 Å². The third-order valence-electron chi connectivity index (χ3n) is 5.38. The molecule has 1 amide bonds. The summed E-state index contributed by atoms with van der Waals surface area (Å²) in [6.45, 7) is 2.21. The molecule has 1 aliphatic carbocycles. The van der Waals surface area contributed by atoms with Gasteiger partial charge in [-0.2, -0.15) is 0 Å². The Bertz CT molecular complexity index is 1070. The van der Waals surface area contributed by atoms with Crippen molar-refractivity contribution in [3.05, 3.63) is 71.3 Å². The summed E-state index contributed by atoms with van der Waals surface area (Å²) in [6.07, 6.45) is 9.43. The van der Waals surface area contributed by atoms with Crippen molar-refractivity contribution in [2.45, 2.75) is 39.0 Å². The molecule has 0 atom stereocenters. The number of nitrogens with one attached hydrogen (secondary N) is 1. The second-order valence-corrected chi connectivity index (χ2v) is 7.41. The van der Waals surface area contributed by atoms with E-state index in [1.54, 1.807) is 37.4 Å². The van der Waals surface area contributed by atoms with Gasteiger partial charge < -0.3 is 5.32 Å². The first-order chi connectivity index (χ1) is 14.6. The molecule has 1 N–H and O–H groups in total. The molecule has 30 heavy (non-hydrogen) atoms. The fourth-order valence-electron chi connectivity index (χ4n) is 3.71. The minimum Gasteiger partial charge on any atom is -0.350 e. The molecular formula is C23H24FN5O. The highest BCUT2D eigenvalue weighted by atomic mass is 19.1. The van der Waals surface area contributed by atoms with E-state index in [2.05, 4.69) is 26.7 Å². The van der Waals surface area contributed by atoms with E-state index < -0.39 is 0 Å². The van der Waals surface area contributed by atoms with E-state index in [1.165, 1.54) is 29.2 Å². The lowest BCUT2D eigenvalue weighted by molar-refractivity contribution is 0.0949. The topological polar surface area (TPSA) is 72.7 Å². The summed E-state index contributed by atoms with van der Waals surface area (Å²) in [4.78, 5) is 17.3. The van der Waals surface area contributed by atoms with Crippen molar-refractivity contribution >= 4 is 5.91 Å². The Labute approximate surface area is 174 Å². The molecule has 0 radical (unpaired) electrons. The molecule has 2 heterocycles. The highest BCUT2D eigenvalue weighted by Gasteiger charge is 2.24. The zero-order chi connectivity index (χ0) is 20.9. The molecule has 2 aromatic heterocycles. The van der Waals surface area contributed by atoms with Crippen LogP contribution in [0, 0.1) is 12.7 Å². The Morgan fingerprint density at radius 3 is 2.87 bits per heavy atom. The van der Waals surface area contributed by atoms with E-state index in [-0.39, 0.29) is 17.4 Å². The van der Waals surface area contributed by atoms with Gasteiger partial charge in [-0.3, -0.25) is 9.78 Å². The number of carbonyl (C=O) groups excluding carboxylic acids is 1. The minimum atomic E-state index is -0.346. The van der Waals surface area contributed by atoms with Crippen LogP contribution in [-0.2, 0) is 0 Å². The average Bonchev–Trinajstić information content (AvgIpc) is 3.22. The number of pyridine rings is 1. The molecule has 1 aromatic carbocycles. The number of aromatic nitrogens is 4. The summed E-state index contributed by atoms with van der Waals surface area (Å²) in [5.41, 5.74) is 3.51. The average molecular weight is 405 g/mol. The lowest BCUT2D eigenvalue weighted by atomic mass is 9.97. The maximum absolute atomic E-state index is 14.1. The number of allylic oxidation sites excluding steroid dienone is 1. The Morgan fingerprint density at radius 2 is 2.10 bits per heavy atom. The van der Waals surface area contributed by atoms with Gasteiger partial charge in [0.15, 0.2) is 5.69 Å². The monoisotopic (exact) mass is 405 g/mol. The summed E-state index contributed by atoms with van der Waals surface area (Å²) >= 11 is 0. The zero-order valence-electron chi connectivity index (χ0n) is 16.9. The van der Waals surface area contributed by atoms with Gasteiger partial charge in [0.05, 0.1) is 11.4 Å². The lowest BCUT2D eigenvalue weighted by Gasteiger charge is -2.13. The third-order valence-corrected chi connectivity index (χ3v) is 5.38. The van der Waals surface area contributed by atoms with Crippen molar-refractivity contribution < 1.29 is 9.18 Å². The maximum atomic E-state index is 14.1. The smallest absolute Gasteiger partial charge is 0.274 e.